The number of nitrogens with zero attached hydrogens (tertiary/aromatic N) is 3. The number of aliphatic imine (C=N–C) groups is 1. The minimum atomic E-state index is 0. The van der Waals surface area contributed by atoms with E-state index in [-0.39, 0.29) is 24.0 Å². The van der Waals surface area contributed by atoms with E-state index >= 15 is 0 Å². The van der Waals surface area contributed by atoms with Crippen molar-refractivity contribution in [3.63, 3.8) is 0 Å². The van der Waals surface area contributed by atoms with Crippen LogP contribution in [0.15, 0.2) is 29.3 Å². The topological polar surface area (TPSA) is 40.1 Å². The molecule has 30 heavy (non-hydrogen) atoms. The molecule has 2 fully saturated rings. The molecular formula is C23H38ClIN4O. The summed E-state index contributed by atoms with van der Waals surface area (Å²) in [6, 6.07) is 8.72. The van der Waals surface area contributed by atoms with Gasteiger partial charge in [-0.2, -0.15) is 0 Å². The highest BCUT2D eigenvalue weighted by Gasteiger charge is 2.31. The van der Waals surface area contributed by atoms with Gasteiger partial charge >= 0.3 is 0 Å². The maximum absolute atomic E-state index is 6.29. The lowest BCUT2D eigenvalue weighted by Gasteiger charge is -2.39. The zero-order chi connectivity index (χ0) is 20.6. The number of ether oxygens (including phenoxy) is 1. The van der Waals surface area contributed by atoms with Crippen LogP contribution in [0.4, 0.5) is 0 Å². The maximum atomic E-state index is 6.29. The zero-order valence-electron chi connectivity index (χ0n) is 18.6. The normalized spacial score (nSPS) is 23.9. The highest BCUT2D eigenvalue weighted by atomic mass is 127. The number of guanidine groups is 1. The van der Waals surface area contributed by atoms with Gasteiger partial charge in [0.2, 0.25) is 0 Å². The molecule has 3 rings (SSSR count). The largest absolute Gasteiger partial charge is 0.378 e. The molecule has 2 unspecified atom stereocenters. The first-order valence-corrected chi connectivity index (χ1v) is 11.6. The van der Waals surface area contributed by atoms with Crippen LogP contribution < -0.4 is 5.32 Å². The van der Waals surface area contributed by atoms with Gasteiger partial charge in [0.1, 0.15) is 0 Å². The summed E-state index contributed by atoms with van der Waals surface area (Å²) in [5.74, 6) is 1.56. The summed E-state index contributed by atoms with van der Waals surface area (Å²) < 4.78 is 5.81. The van der Waals surface area contributed by atoms with Gasteiger partial charge in [-0.1, -0.05) is 23.7 Å². The van der Waals surface area contributed by atoms with E-state index in [4.69, 9.17) is 21.3 Å². The molecule has 5 nitrogen and oxygen atoms in total. The standard InChI is InChI=1S/C23H37ClN4O.HI/c1-4-25-23(28-14-11-21(12-15-28)29-5-2)26-17-19-9-7-13-27(3)22(19)18-8-6-10-20(24)16-18;/h6,8,10,16,19,21-22H,4-5,7,9,11-15,17H2,1-3H3,(H,25,26);1H. The van der Waals surface area contributed by atoms with Gasteiger partial charge in [-0.15, -0.1) is 24.0 Å². The van der Waals surface area contributed by atoms with Crippen LogP contribution in [0.2, 0.25) is 5.02 Å². The van der Waals surface area contributed by atoms with Crippen molar-refractivity contribution < 1.29 is 4.74 Å². The molecule has 0 saturated carbocycles. The summed E-state index contributed by atoms with van der Waals surface area (Å²) in [4.78, 5) is 9.97. The Balaban J connectivity index is 0.00000320. The quantitative estimate of drug-likeness (QED) is 0.315. The third kappa shape index (κ3) is 6.97. The van der Waals surface area contributed by atoms with Crippen LogP contribution in [0.1, 0.15) is 51.1 Å². The molecule has 0 aromatic heterocycles. The van der Waals surface area contributed by atoms with Gasteiger partial charge in [0, 0.05) is 43.9 Å². The molecule has 2 heterocycles. The van der Waals surface area contributed by atoms with Crippen LogP contribution in [0, 0.1) is 5.92 Å². The molecule has 1 aromatic rings. The fourth-order valence-corrected chi connectivity index (χ4v) is 4.97. The van der Waals surface area contributed by atoms with Crippen LogP contribution in [-0.4, -0.2) is 68.2 Å². The van der Waals surface area contributed by atoms with Gasteiger partial charge < -0.3 is 15.0 Å². The van der Waals surface area contributed by atoms with E-state index in [1.54, 1.807) is 0 Å². The molecule has 2 aliphatic rings. The first-order chi connectivity index (χ1) is 14.1. The average Bonchev–Trinajstić information content (AvgIpc) is 2.72. The second-order valence-electron chi connectivity index (χ2n) is 8.22. The molecule has 7 heteroatoms. The lowest BCUT2D eigenvalue weighted by atomic mass is 9.85. The van der Waals surface area contributed by atoms with Gasteiger partial charge in [-0.25, -0.2) is 0 Å². The Bertz CT molecular complexity index is 666. The molecule has 0 amide bonds. The Hall–Kier alpha value is -0.570. The van der Waals surface area contributed by atoms with Gasteiger partial charge in [0.15, 0.2) is 5.96 Å². The highest BCUT2D eigenvalue weighted by molar-refractivity contribution is 14.0. The molecule has 0 radical (unpaired) electrons. The Labute approximate surface area is 204 Å². The number of rotatable bonds is 6. The second kappa shape index (κ2) is 13.1. The zero-order valence-corrected chi connectivity index (χ0v) is 21.7. The van der Waals surface area contributed by atoms with E-state index in [0.29, 0.717) is 18.1 Å². The third-order valence-corrected chi connectivity index (χ3v) is 6.39. The monoisotopic (exact) mass is 548 g/mol. The summed E-state index contributed by atoms with van der Waals surface area (Å²) in [5.41, 5.74) is 1.31. The van der Waals surface area contributed by atoms with E-state index in [9.17, 15) is 0 Å². The van der Waals surface area contributed by atoms with Crippen LogP contribution in [0.3, 0.4) is 0 Å². The molecule has 1 aromatic carbocycles. The number of halogens is 2. The molecule has 0 spiro atoms. The van der Waals surface area contributed by atoms with Crippen molar-refractivity contribution in [3.05, 3.63) is 34.9 Å². The SMILES string of the molecule is CCNC(=NCC1CCCN(C)C1c1cccc(Cl)c1)N1CCC(OCC)CC1.I. The number of piperidine rings is 2. The predicted octanol–water partition coefficient (Wildman–Crippen LogP) is 4.81. The van der Waals surface area contributed by atoms with E-state index in [1.807, 2.05) is 6.07 Å². The molecule has 170 valence electrons. The number of likely N-dealkylation sites (tertiary alicyclic amines) is 2. The van der Waals surface area contributed by atoms with Crippen molar-refractivity contribution in [2.45, 2.75) is 51.7 Å². The third-order valence-electron chi connectivity index (χ3n) is 6.15. The van der Waals surface area contributed by atoms with E-state index in [0.717, 1.165) is 63.2 Å². The lowest BCUT2D eigenvalue weighted by molar-refractivity contribution is 0.0263. The Morgan fingerprint density at radius 1 is 1.20 bits per heavy atom. The second-order valence-corrected chi connectivity index (χ2v) is 8.66. The predicted molar refractivity (Wildman–Crippen MR) is 137 cm³/mol. The Morgan fingerprint density at radius 2 is 1.97 bits per heavy atom. The Kier molecular flexibility index (Phi) is 11.2. The van der Waals surface area contributed by atoms with E-state index < -0.39 is 0 Å². The van der Waals surface area contributed by atoms with Gasteiger partial charge in [-0.3, -0.25) is 9.89 Å². The van der Waals surface area contributed by atoms with Crippen LogP contribution >= 0.6 is 35.6 Å². The molecule has 1 N–H and O–H groups in total. The highest BCUT2D eigenvalue weighted by Crippen LogP contribution is 2.36. The van der Waals surface area contributed by atoms with Gasteiger partial charge in [0.25, 0.3) is 0 Å². The molecular weight excluding hydrogens is 511 g/mol. The van der Waals surface area contributed by atoms with Crippen molar-refractivity contribution in [3.8, 4) is 0 Å². The summed E-state index contributed by atoms with van der Waals surface area (Å²) >= 11 is 6.29. The van der Waals surface area contributed by atoms with E-state index in [1.165, 1.54) is 18.4 Å². The summed E-state index contributed by atoms with van der Waals surface area (Å²) in [7, 11) is 2.23. The summed E-state index contributed by atoms with van der Waals surface area (Å²) in [6.07, 6.45) is 4.99. The molecule has 2 aliphatic heterocycles. The van der Waals surface area contributed by atoms with Gasteiger partial charge in [-0.05, 0) is 76.7 Å². The van der Waals surface area contributed by atoms with Crippen LogP contribution in [0.25, 0.3) is 0 Å². The maximum Gasteiger partial charge on any atom is 0.193 e. The fourth-order valence-electron chi connectivity index (χ4n) is 4.77. The van der Waals surface area contributed by atoms with Crippen LogP contribution in [-0.2, 0) is 4.74 Å². The van der Waals surface area contributed by atoms with Crippen molar-refractivity contribution in [2.75, 3.05) is 46.4 Å². The average molecular weight is 549 g/mol. The van der Waals surface area contributed by atoms with Crippen LogP contribution in [0.5, 0.6) is 0 Å². The van der Waals surface area contributed by atoms with E-state index in [2.05, 4.69) is 54.2 Å². The Morgan fingerprint density at radius 3 is 2.63 bits per heavy atom. The molecule has 0 aliphatic carbocycles. The van der Waals surface area contributed by atoms with Gasteiger partial charge in [0.05, 0.1) is 6.10 Å². The molecule has 0 bridgehead atoms. The number of hydrogen-bond donors (Lipinski definition) is 1. The minimum absolute atomic E-state index is 0. The number of nitrogens with one attached hydrogen (secondary N) is 1. The number of benzene rings is 1. The molecule has 2 saturated heterocycles. The lowest BCUT2D eigenvalue weighted by Crippen LogP contribution is -2.47. The summed E-state index contributed by atoms with van der Waals surface area (Å²) in [5, 5.41) is 4.33. The molecule has 2 atom stereocenters. The fraction of sp³-hybridized carbons (Fsp3) is 0.696. The number of hydrogen-bond acceptors (Lipinski definition) is 3. The first kappa shape index (κ1) is 25.7. The minimum Gasteiger partial charge on any atom is -0.378 e. The summed E-state index contributed by atoms with van der Waals surface area (Å²) in [6.45, 7) is 9.92. The smallest absolute Gasteiger partial charge is 0.193 e. The van der Waals surface area contributed by atoms with Crippen molar-refractivity contribution >= 4 is 41.5 Å². The van der Waals surface area contributed by atoms with Crippen molar-refractivity contribution in [1.29, 1.82) is 0 Å². The van der Waals surface area contributed by atoms with Crippen molar-refractivity contribution in [1.82, 2.24) is 15.1 Å². The first-order valence-electron chi connectivity index (χ1n) is 11.2. The van der Waals surface area contributed by atoms with Crippen molar-refractivity contribution in [2.24, 2.45) is 10.9 Å².